The minimum Gasteiger partial charge on any atom is -0.497 e. The molecule has 0 aliphatic carbocycles. The second-order valence-corrected chi connectivity index (χ2v) is 9.42. The highest BCUT2D eigenvalue weighted by Gasteiger charge is 2.32. The number of hydrogen-bond acceptors (Lipinski definition) is 6. The van der Waals surface area contributed by atoms with Gasteiger partial charge >= 0.3 is 5.97 Å². The van der Waals surface area contributed by atoms with Gasteiger partial charge in [0.05, 0.1) is 30.4 Å². The predicted molar refractivity (Wildman–Crippen MR) is 144 cm³/mol. The molecular formula is C28H29N3O4S. The molecule has 4 rings (SSSR count). The Labute approximate surface area is 215 Å². The number of ether oxygens (including phenoxy) is 2. The van der Waals surface area contributed by atoms with Crippen molar-refractivity contribution in [3.63, 3.8) is 0 Å². The van der Waals surface area contributed by atoms with E-state index in [1.165, 1.54) is 18.9 Å². The van der Waals surface area contributed by atoms with Crippen LogP contribution in [-0.4, -0.2) is 47.3 Å². The summed E-state index contributed by atoms with van der Waals surface area (Å²) in [7, 11) is 3.00. The van der Waals surface area contributed by atoms with Crippen LogP contribution >= 0.6 is 11.8 Å². The van der Waals surface area contributed by atoms with Crippen LogP contribution in [0.5, 0.6) is 5.75 Å². The number of aliphatic imine (C=N–C) groups is 1. The number of esters is 1. The molecule has 1 fully saturated rings. The van der Waals surface area contributed by atoms with Crippen molar-refractivity contribution in [1.29, 1.82) is 0 Å². The minimum atomic E-state index is -0.361. The van der Waals surface area contributed by atoms with Crippen LogP contribution in [0.2, 0.25) is 0 Å². The average molecular weight is 504 g/mol. The van der Waals surface area contributed by atoms with E-state index in [-0.39, 0.29) is 11.9 Å². The molecule has 1 aliphatic heterocycles. The van der Waals surface area contributed by atoms with Crippen LogP contribution in [0.1, 0.15) is 39.8 Å². The fraction of sp³-hybridized carbons (Fsp3) is 0.250. The Bertz CT molecular complexity index is 1390. The van der Waals surface area contributed by atoms with E-state index >= 15 is 0 Å². The van der Waals surface area contributed by atoms with Gasteiger partial charge in [-0.05, 0) is 105 Å². The number of aromatic nitrogens is 1. The first kappa shape index (κ1) is 25.3. The summed E-state index contributed by atoms with van der Waals surface area (Å²) in [5.41, 5.74) is 6.20. The van der Waals surface area contributed by atoms with Gasteiger partial charge in [-0.3, -0.25) is 9.69 Å². The van der Waals surface area contributed by atoms with Crippen molar-refractivity contribution < 1.29 is 19.1 Å². The highest BCUT2D eigenvalue weighted by molar-refractivity contribution is 8.18. The fourth-order valence-corrected chi connectivity index (χ4v) is 5.29. The first-order valence-corrected chi connectivity index (χ1v) is 12.4. The molecule has 1 aromatic heterocycles. The summed E-state index contributed by atoms with van der Waals surface area (Å²) in [5.74, 6) is 0.339. The Morgan fingerprint density at radius 3 is 2.39 bits per heavy atom. The molecule has 0 saturated carbocycles. The van der Waals surface area contributed by atoms with E-state index in [0.29, 0.717) is 22.2 Å². The van der Waals surface area contributed by atoms with Crippen LogP contribution in [0.25, 0.3) is 11.8 Å². The zero-order chi connectivity index (χ0) is 26.0. The molecular weight excluding hydrogens is 474 g/mol. The monoisotopic (exact) mass is 503 g/mol. The maximum atomic E-state index is 13.2. The summed E-state index contributed by atoms with van der Waals surface area (Å²) in [6.07, 6.45) is 1.93. The number of amidine groups is 1. The van der Waals surface area contributed by atoms with Crippen molar-refractivity contribution in [3.05, 3.63) is 81.5 Å². The van der Waals surface area contributed by atoms with Crippen molar-refractivity contribution in [2.75, 3.05) is 20.8 Å². The van der Waals surface area contributed by atoms with Gasteiger partial charge in [0.1, 0.15) is 5.75 Å². The summed E-state index contributed by atoms with van der Waals surface area (Å²) in [5, 5.41) is 0.655. The molecule has 0 bridgehead atoms. The van der Waals surface area contributed by atoms with Crippen molar-refractivity contribution in [2.24, 2.45) is 4.99 Å². The number of benzene rings is 2. The molecule has 0 atom stereocenters. The van der Waals surface area contributed by atoms with Gasteiger partial charge in [0.25, 0.3) is 5.91 Å². The highest BCUT2D eigenvalue weighted by Crippen LogP contribution is 2.35. The fourth-order valence-electron chi connectivity index (χ4n) is 4.23. The maximum Gasteiger partial charge on any atom is 0.337 e. The number of nitrogens with zero attached hydrogens (tertiary/aromatic N) is 3. The first-order chi connectivity index (χ1) is 17.3. The topological polar surface area (TPSA) is 73.1 Å². The smallest absolute Gasteiger partial charge is 0.337 e. The van der Waals surface area contributed by atoms with Crippen molar-refractivity contribution in [2.45, 2.75) is 27.7 Å². The zero-order valence-electron chi connectivity index (χ0n) is 21.3. The van der Waals surface area contributed by atoms with Crippen LogP contribution in [0, 0.1) is 20.8 Å². The summed E-state index contributed by atoms with van der Waals surface area (Å²) >= 11 is 1.38. The highest BCUT2D eigenvalue weighted by atomic mass is 32.2. The molecule has 2 heterocycles. The molecule has 0 radical (unpaired) electrons. The summed E-state index contributed by atoms with van der Waals surface area (Å²) in [6.45, 7) is 8.50. The lowest BCUT2D eigenvalue weighted by Gasteiger charge is -2.14. The molecule has 1 saturated heterocycles. The van der Waals surface area contributed by atoms with E-state index < -0.39 is 0 Å². The average Bonchev–Trinajstić information content (AvgIpc) is 3.32. The molecule has 7 nitrogen and oxygen atoms in total. The molecule has 8 heteroatoms. The molecule has 1 aliphatic rings. The second kappa shape index (κ2) is 10.5. The number of aryl methyl sites for hydroxylation is 2. The number of methoxy groups -OCH3 is 2. The normalized spacial score (nSPS) is 15.7. The van der Waals surface area contributed by atoms with Crippen molar-refractivity contribution in [3.8, 4) is 11.4 Å². The Kier molecular flexibility index (Phi) is 7.35. The van der Waals surface area contributed by atoms with Gasteiger partial charge in [0.2, 0.25) is 0 Å². The lowest BCUT2D eigenvalue weighted by atomic mass is 10.1. The Morgan fingerprint density at radius 2 is 1.78 bits per heavy atom. The third kappa shape index (κ3) is 4.81. The summed E-state index contributed by atoms with van der Waals surface area (Å²) < 4.78 is 12.2. The summed E-state index contributed by atoms with van der Waals surface area (Å²) in [6, 6.07) is 15.0. The third-order valence-corrected chi connectivity index (χ3v) is 7.12. The van der Waals surface area contributed by atoms with E-state index in [1.807, 2.05) is 70.2 Å². The largest absolute Gasteiger partial charge is 0.497 e. The van der Waals surface area contributed by atoms with Gasteiger partial charge in [-0.25, -0.2) is 9.79 Å². The molecule has 36 heavy (non-hydrogen) atoms. The Hall–Kier alpha value is -3.78. The number of carbonyl (C=O) groups excluding carboxylic acids is 2. The first-order valence-electron chi connectivity index (χ1n) is 11.6. The molecule has 1 amide bonds. The van der Waals surface area contributed by atoms with Gasteiger partial charge in [0.15, 0.2) is 5.17 Å². The minimum absolute atomic E-state index is 0.0572. The van der Waals surface area contributed by atoms with Gasteiger partial charge in [-0.1, -0.05) is 0 Å². The standard InChI is InChI=1S/C28H29N3O4S/c1-7-30-26(32)25(36-28(30)29-22-9-11-23(34-5)12-10-22)16-21-15-18(3)31(19(21)4)24-13-8-20(14-17(24)2)27(33)35-6/h8-16H,7H2,1-6H3/b25-16+,29-28?. The van der Waals surface area contributed by atoms with Crippen molar-refractivity contribution >= 4 is 40.6 Å². The lowest BCUT2D eigenvalue weighted by Crippen LogP contribution is -2.28. The number of likely N-dealkylation sites (N-methyl/N-ethyl adjacent to an activating group) is 1. The second-order valence-electron chi connectivity index (χ2n) is 8.41. The Morgan fingerprint density at radius 1 is 1.06 bits per heavy atom. The van der Waals surface area contributed by atoms with Gasteiger partial charge in [0, 0.05) is 23.6 Å². The lowest BCUT2D eigenvalue weighted by molar-refractivity contribution is -0.122. The predicted octanol–water partition coefficient (Wildman–Crippen LogP) is 5.82. The van der Waals surface area contributed by atoms with Gasteiger partial charge in [-0.2, -0.15) is 0 Å². The van der Waals surface area contributed by atoms with Crippen molar-refractivity contribution in [1.82, 2.24) is 9.47 Å². The quantitative estimate of drug-likeness (QED) is 0.313. The molecule has 0 spiro atoms. The molecule has 0 N–H and O–H groups in total. The van der Waals surface area contributed by atoms with E-state index in [4.69, 9.17) is 14.5 Å². The molecule has 0 unspecified atom stereocenters. The van der Waals surface area contributed by atoms with E-state index in [0.717, 1.165) is 39.6 Å². The Balaban J connectivity index is 1.67. The number of thioether (sulfide) groups is 1. The van der Waals surface area contributed by atoms with E-state index in [2.05, 4.69) is 10.6 Å². The van der Waals surface area contributed by atoms with Crippen LogP contribution in [-0.2, 0) is 9.53 Å². The van der Waals surface area contributed by atoms with Gasteiger partial charge in [-0.15, -0.1) is 0 Å². The number of hydrogen-bond donors (Lipinski definition) is 0. The third-order valence-electron chi connectivity index (χ3n) is 6.12. The van der Waals surface area contributed by atoms with E-state index in [9.17, 15) is 9.59 Å². The zero-order valence-corrected chi connectivity index (χ0v) is 22.1. The van der Waals surface area contributed by atoms with Crippen LogP contribution < -0.4 is 4.74 Å². The van der Waals surface area contributed by atoms with Crippen LogP contribution in [0.4, 0.5) is 5.69 Å². The summed E-state index contributed by atoms with van der Waals surface area (Å²) in [4.78, 5) is 32.1. The van der Waals surface area contributed by atoms with Gasteiger partial charge < -0.3 is 14.0 Å². The molecule has 186 valence electrons. The maximum absolute atomic E-state index is 13.2. The van der Waals surface area contributed by atoms with Crippen LogP contribution in [0.3, 0.4) is 0 Å². The number of amides is 1. The number of carbonyl (C=O) groups is 2. The SMILES string of the molecule is CCN1C(=O)/C(=C\c2cc(C)n(-c3ccc(C(=O)OC)cc3C)c2C)SC1=Nc1ccc(OC)cc1. The van der Waals surface area contributed by atoms with Crippen LogP contribution in [0.15, 0.2) is 58.4 Å². The molecule has 2 aromatic carbocycles. The van der Waals surface area contributed by atoms with E-state index in [1.54, 1.807) is 18.1 Å². The molecule has 3 aromatic rings. The number of rotatable bonds is 6.